The maximum absolute atomic E-state index is 11.6. The Bertz CT molecular complexity index is 438. The maximum Gasteiger partial charge on any atom is 0.310 e. The lowest BCUT2D eigenvalue weighted by Crippen LogP contribution is -2.25. The zero-order valence-electron chi connectivity index (χ0n) is 9.99. The fraction of sp³-hybridized carbons (Fsp3) is 0.417. The number of aldehydes is 1. The second kappa shape index (κ2) is 5.27. The van der Waals surface area contributed by atoms with E-state index in [-0.39, 0.29) is 11.6 Å². The van der Waals surface area contributed by atoms with Crippen molar-refractivity contribution in [3.8, 4) is 0 Å². The van der Waals surface area contributed by atoms with Gasteiger partial charge in [0.05, 0.1) is 6.42 Å². The molecule has 1 heterocycles. The van der Waals surface area contributed by atoms with Gasteiger partial charge in [-0.25, -0.2) is 4.98 Å². The number of esters is 1. The van der Waals surface area contributed by atoms with Gasteiger partial charge in [0.1, 0.15) is 10.8 Å². The Morgan fingerprint density at radius 2 is 2.18 bits per heavy atom. The molecule has 1 rings (SSSR count). The van der Waals surface area contributed by atoms with Crippen molar-refractivity contribution in [3.05, 3.63) is 28.5 Å². The van der Waals surface area contributed by atoms with Crippen LogP contribution in [0.1, 0.15) is 36.7 Å². The number of halogens is 1. The molecule has 0 amide bonds. The third kappa shape index (κ3) is 4.53. The second-order valence-corrected chi connectivity index (χ2v) is 4.97. The first-order valence-corrected chi connectivity index (χ1v) is 5.51. The predicted molar refractivity (Wildman–Crippen MR) is 64.2 cm³/mol. The quantitative estimate of drug-likeness (QED) is 0.473. The average molecular weight is 256 g/mol. The van der Waals surface area contributed by atoms with E-state index in [9.17, 15) is 9.59 Å². The van der Waals surface area contributed by atoms with Crippen molar-refractivity contribution in [1.82, 2.24) is 4.98 Å². The first kappa shape index (κ1) is 13.6. The number of nitrogens with zero attached hydrogens (tertiary/aromatic N) is 1. The molecule has 0 aliphatic heterocycles. The molecule has 0 aliphatic carbocycles. The molecule has 0 saturated carbocycles. The Hall–Kier alpha value is -1.42. The zero-order chi connectivity index (χ0) is 13.1. The smallest absolute Gasteiger partial charge is 0.310 e. The van der Waals surface area contributed by atoms with Crippen molar-refractivity contribution in [3.63, 3.8) is 0 Å². The molecule has 17 heavy (non-hydrogen) atoms. The van der Waals surface area contributed by atoms with E-state index in [1.54, 1.807) is 20.8 Å². The Labute approximate surface area is 105 Å². The number of aromatic nitrogens is 1. The molecule has 0 atom stereocenters. The summed E-state index contributed by atoms with van der Waals surface area (Å²) in [7, 11) is 0. The molecule has 4 nitrogen and oxygen atoms in total. The molecule has 0 radical (unpaired) electrons. The minimum Gasteiger partial charge on any atom is -0.460 e. The van der Waals surface area contributed by atoms with Crippen LogP contribution in [0.25, 0.3) is 0 Å². The lowest BCUT2D eigenvalue weighted by Gasteiger charge is -2.19. The van der Waals surface area contributed by atoms with E-state index < -0.39 is 11.6 Å². The third-order valence-corrected chi connectivity index (χ3v) is 2.08. The summed E-state index contributed by atoms with van der Waals surface area (Å²) in [4.78, 5) is 26.2. The Balaban J connectivity index is 2.81. The molecule has 5 heteroatoms. The molecule has 0 unspecified atom stereocenters. The molecule has 1 aromatic heterocycles. The molecule has 92 valence electrons. The van der Waals surface area contributed by atoms with Crippen LogP contribution in [0.4, 0.5) is 0 Å². The van der Waals surface area contributed by atoms with E-state index in [0.717, 1.165) is 0 Å². The maximum atomic E-state index is 11.6. The van der Waals surface area contributed by atoms with Crippen molar-refractivity contribution in [2.24, 2.45) is 0 Å². The fourth-order valence-corrected chi connectivity index (χ4v) is 1.43. The number of ether oxygens (including phenoxy) is 1. The summed E-state index contributed by atoms with van der Waals surface area (Å²) in [5, 5.41) is 0.222. The molecule has 0 fully saturated rings. The molecule has 0 saturated heterocycles. The molecule has 0 N–H and O–H groups in total. The van der Waals surface area contributed by atoms with Gasteiger partial charge in [-0.1, -0.05) is 11.6 Å². The summed E-state index contributed by atoms with van der Waals surface area (Å²) in [6.07, 6.45) is 2.07. The van der Waals surface area contributed by atoms with Gasteiger partial charge in [-0.2, -0.15) is 0 Å². The van der Waals surface area contributed by atoms with E-state index in [0.29, 0.717) is 17.4 Å². The highest BCUT2D eigenvalue weighted by Gasteiger charge is 2.17. The number of carbonyl (C=O) groups is 2. The van der Waals surface area contributed by atoms with E-state index >= 15 is 0 Å². The lowest BCUT2D eigenvalue weighted by atomic mass is 10.1. The van der Waals surface area contributed by atoms with Gasteiger partial charge < -0.3 is 4.74 Å². The van der Waals surface area contributed by atoms with Crippen molar-refractivity contribution in [2.75, 3.05) is 0 Å². The van der Waals surface area contributed by atoms with Crippen LogP contribution in [0.2, 0.25) is 5.15 Å². The first-order chi connectivity index (χ1) is 7.81. The highest BCUT2D eigenvalue weighted by Crippen LogP contribution is 2.14. The Kier molecular flexibility index (Phi) is 4.23. The summed E-state index contributed by atoms with van der Waals surface area (Å²) < 4.78 is 5.16. The van der Waals surface area contributed by atoms with E-state index in [4.69, 9.17) is 16.3 Å². The lowest BCUT2D eigenvalue weighted by molar-refractivity contribution is -0.153. The molecule has 0 spiro atoms. The van der Waals surface area contributed by atoms with Crippen molar-refractivity contribution in [2.45, 2.75) is 32.8 Å². The molecule has 0 bridgehead atoms. The Morgan fingerprint density at radius 1 is 1.53 bits per heavy atom. The van der Waals surface area contributed by atoms with Gasteiger partial charge in [-0.05, 0) is 32.4 Å². The van der Waals surface area contributed by atoms with Gasteiger partial charge in [0.25, 0.3) is 0 Å². The van der Waals surface area contributed by atoms with Gasteiger partial charge in [0.15, 0.2) is 6.29 Å². The highest BCUT2D eigenvalue weighted by atomic mass is 35.5. The number of hydrogen-bond acceptors (Lipinski definition) is 4. The minimum absolute atomic E-state index is 0.00944. The van der Waals surface area contributed by atoms with Crippen LogP contribution in [0.5, 0.6) is 0 Å². The third-order valence-electron chi connectivity index (χ3n) is 1.87. The van der Waals surface area contributed by atoms with Gasteiger partial charge in [0, 0.05) is 11.8 Å². The van der Waals surface area contributed by atoms with Gasteiger partial charge in [0.2, 0.25) is 0 Å². The van der Waals surface area contributed by atoms with Crippen LogP contribution >= 0.6 is 11.6 Å². The van der Waals surface area contributed by atoms with Crippen LogP contribution < -0.4 is 0 Å². The molecular formula is C12H14ClNO3. The van der Waals surface area contributed by atoms with Crippen LogP contribution in [-0.4, -0.2) is 22.8 Å². The summed E-state index contributed by atoms with van der Waals surface area (Å²) in [6, 6.07) is 1.42. The average Bonchev–Trinajstić information content (AvgIpc) is 2.17. The van der Waals surface area contributed by atoms with Crippen LogP contribution in [0.3, 0.4) is 0 Å². The van der Waals surface area contributed by atoms with E-state index in [2.05, 4.69) is 4.98 Å². The largest absolute Gasteiger partial charge is 0.460 e. The fourth-order valence-electron chi connectivity index (χ4n) is 1.26. The zero-order valence-corrected chi connectivity index (χ0v) is 10.7. The molecule has 0 aromatic carbocycles. The Morgan fingerprint density at radius 3 is 2.71 bits per heavy atom. The van der Waals surface area contributed by atoms with Crippen molar-refractivity contribution in [1.29, 1.82) is 0 Å². The standard InChI is InChI=1S/C12H14ClNO3/c1-12(2,3)17-11(16)5-8-6-14-10(13)4-9(8)7-15/h4,6-7H,5H2,1-3H3. The van der Waals surface area contributed by atoms with Crippen LogP contribution in [0, 0.1) is 0 Å². The van der Waals surface area contributed by atoms with Crippen LogP contribution in [-0.2, 0) is 16.0 Å². The molecule has 1 aromatic rings. The normalized spacial score (nSPS) is 11.1. The monoisotopic (exact) mass is 255 g/mol. The predicted octanol–water partition coefficient (Wildman–Crippen LogP) is 2.43. The topological polar surface area (TPSA) is 56.3 Å². The summed E-state index contributed by atoms with van der Waals surface area (Å²) in [5.41, 5.74) is 0.327. The van der Waals surface area contributed by atoms with Gasteiger partial charge in [-0.3, -0.25) is 9.59 Å². The first-order valence-electron chi connectivity index (χ1n) is 5.13. The summed E-state index contributed by atoms with van der Waals surface area (Å²) >= 11 is 5.65. The molecular weight excluding hydrogens is 242 g/mol. The summed E-state index contributed by atoms with van der Waals surface area (Å²) in [5.74, 6) is -0.398. The van der Waals surface area contributed by atoms with Gasteiger partial charge >= 0.3 is 5.97 Å². The highest BCUT2D eigenvalue weighted by molar-refractivity contribution is 6.29. The minimum atomic E-state index is -0.543. The van der Waals surface area contributed by atoms with Crippen molar-refractivity contribution >= 4 is 23.9 Å². The van der Waals surface area contributed by atoms with Gasteiger partial charge in [-0.15, -0.1) is 0 Å². The summed E-state index contributed by atoms with van der Waals surface area (Å²) in [6.45, 7) is 5.35. The number of rotatable bonds is 3. The van der Waals surface area contributed by atoms with E-state index in [1.807, 2.05) is 0 Å². The second-order valence-electron chi connectivity index (χ2n) is 4.59. The van der Waals surface area contributed by atoms with E-state index in [1.165, 1.54) is 12.3 Å². The van der Waals surface area contributed by atoms with Crippen molar-refractivity contribution < 1.29 is 14.3 Å². The number of carbonyl (C=O) groups excluding carboxylic acids is 2. The van der Waals surface area contributed by atoms with Crippen LogP contribution in [0.15, 0.2) is 12.3 Å². The number of pyridine rings is 1. The SMILES string of the molecule is CC(C)(C)OC(=O)Cc1cnc(Cl)cc1C=O. The number of hydrogen-bond donors (Lipinski definition) is 0. The molecule has 0 aliphatic rings.